The van der Waals surface area contributed by atoms with Gasteiger partial charge in [-0.25, -0.2) is 8.42 Å². The number of carbonyl (C=O) groups excluding carboxylic acids is 1. The van der Waals surface area contributed by atoms with Gasteiger partial charge in [-0.15, -0.1) is 0 Å². The van der Waals surface area contributed by atoms with Crippen LogP contribution in [0.25, 0.3) is 0 Å². The number of carboxylic acids is 1. The zero-order valence-corrected chi connectivity index (χ0v) is 13.6. The largest absolute Gasteiger partial charge is 0.481 e. The molecule has 1 atom stereocenters. The van der Waals surface area contributed by atoms with E-state index < -0.39 is 27.6 Å². The lowest BCUT2D eigenvalue weighted by Crippen LogP contribution is -2.40. The van der Waals surface area contributed by atoms with Gasteiger partial charge in [-0.1, -0.05) is 24.3 Å². The lowest BCUT2D eigenvalue weighted by molar-refractivity contribution is -0.139. The molecule has 1 N–H and O–H groups in total. The molecule has 1 aliphatic rings. The summed E-state index contributed by atoms with van der Waals surface area (Å²) >= 11 is 0. The molecule has 2 heterocycles. The van der Waals surface area contributed by atoms with Gasteiger partial charge in [-0.2, -0.15) is 0 Å². The Hall–Kier alpha value is -2.61. The number of carbonyl (C=O) groups is 2. The van der Waals surface area contributed by atoms with Crippen molar-refractivity contribution in [1.29, 1.82) is 0 Å². The Morgan fingerprint density at radius 2 is 1.92 bits per heavy atom. The molecule has 8 heteroatoms. The Morgan fingerprint density at radius 3 is 2.54 bits per heavy atom. The van der Waals surface area contributed by atoms with Crippen molar-refractivity contribution in [1.82, 2.24) is 4.90 Å². The van der Waals surface area contributed by atoms with Crippen LogP contribution < -0.4 is 0 Å². The van der Waals surface area contributed by atoms with Crippen LogP contribution in [0.5, 0.6) is 0 Å². The van der Waals surface area contributed by atoms with Crippen molar-refractivity contribution in [2.75, 3.05) is 12.8 Å². The number of fused-ring (bicyclic) bond motifs is 1. The summed E-state index contributed by atoms with van der Waals surface area (Å²) in [5, 5.41) is 9.13. The maximum Gasteiger partial charge on any atom is 0.312 e. The normalized spacial score (nSPS) is 17.4. The molecule has 0 saturated carbocycles. The van der Waals surface area contributed by atoms with Gasteiger partial charge in [0.25, 0.3) is 5.91 Å². The Bertz CT molecular complexity index is 914. The van der Waals surface area contributed by atoms with Gasteiger partial charge in [0.05, 0.1) is 5.92 Å². The Morgan fingerprint density at radius 1 is 1.21 bits per heavy atom. The molecule has 1 amide bonds. The van der Waals surface area contributed by atoms with E-state index in [0.29, 0.717) is 5.56 Å². The van der Waals surface area contributed by atoms with Crippen molar-refractivity contribution < 1.29 is 27.5 Å². The third kappa shape index (κ3) is 2.92. The summed E-state index contributed by atoms with van der Waals surface area (Å²) in [6.07, 6.45) is 0.984. The minimum atomic E-state index is -3.55. The second-order valence-corrected chi connectivity index (χ2v) is 7.61. The van der Waals surface area contributed by atoms with Gasteiger partial charge in [-0.3, -0.25) is 9.59 Å². The van der Waals surface area contributed by atoms with Crippen LogP contribution >= 0.6 is 0 Å². The SMILES string of the molecule is CS(=O)(=O)c1ccc(C(=O)N2Cc3ccccc3C(C(=O)O)C2)o1. The van der Waals surface area contributed by atoms with Crippen molar-refractivity contribution in [3.63, 3.8) is 0 Å². The smallest absolute Gasteiger partial charge is 0.312 e. The molecule has 7 nitrogen and oxygen atoms in total. The first-order chi connectivity index (χ1) is 11.3. The first-order valence-corrected chi connectivity index (χ1v) is 9.06. The molecule has 24 heavy (non-hydrogen) atoms. The van der Waals surface area contributed by atoms with E-state index in [9.17, 15) is 23.1 Å². The molecule has 0 spiro atoms. The fraction of sp³-hybridized carbons (Fsp3) is 0.250. The van der Waals surface area contributed by atoms with E-state index in [1.165, 1.54) is 17.0 Å². The van der Waals surface area contributed by atoms with Gasteiger partial charge in [0.15, 0.2) is 5.76 Å². The Labute approximate surface area is 138 Å². The average molecular weight is 349 g/mol. The molecule has 0 aliphatic carbocycles. The predicted octanol–water partition coefficient (Wildman–Crippen LogP) is 1.51. The number of aliphatic carboxylic acids is 1. The average Bonchev–Trinajstić information content (AvgIpc) is 3.03. The summed E-state index contributed by atoms with van der Waals surface area (Å²) in [6.45, 7) is 0.244. The number of hydrogen-bond acceptors (Lipinski definition) is 5. The highest BCUT2D eigenvalue weighted by Gasteiger charge is 2.33. The number of benzene rings is 1. The van der Waals surface area contributed by atoms with Gasteiger partial charge in [0, 0.05) is 19.3 Å². The molecule has 2 aromatic rings. The molecule has 1 aliphatic heterocycles. The minimum Gasteiger partial charge on any atom is -0.481 e. The van der Waals surface area contributed by atoms with Crippen LogP contribution in [0.1, 0.15) is 27.6 Å². The molecule has 1 aromatic heterocycles. The fourth-order valence-electron chi connectivity index (χ4n) is 2.76. The van der Waals surface area contributed by atoms with Crippen molar-refractivity contribution in [3.05, 3.63) is 53.3 Å². The van der Waals surface area contributed by atoms with E-state index in [0.717, 1.165) is 11.8 Å². The number of nitrogens with zero attached hydrogens (tertiary/aromatic N) is 1. The number of carboxylic acid groups (broad SMARTS) is 1. The summed E-state index contributed by atoms with van der Waals surface area (Å²) in [7, 11) is -3.55. The highest BCUT2D eigenvalue weighted by Crippen LogP contribution is 2.29. The van der Waals surface area contributed by atoms with Crippen molar-refractivity contribution >= 4 is 21.7 Å². The first-order valence-electron chi connectivity index (χ1n) is 7.17. The number of furan rings is 1. The zero-order valence-electron chi connectivity index (χ0n) is 12.8. The summed E-state index contributed by atoms with van der Waals surface area (Å²) in [4.78, 5) is 25.4. The quantitative estimate of drug-likeness (QED) is 0.900. The van der Waals surface area contributed by atoms with Gasteiger partial charge < -0.3 is 14.4 Å². The zero-order chi connectivity index (χ0) is 17.5. The van der Waals surface area contributed by atoms with E-state index in [4.69, 9.17) is 4.42 Å². The van der Waals surface area contributed by atoms with E-state index in [1.807, 2.05) is 0 Å². The lowest BCUT2D eigenvalue weighted by Gasteiger charge is -2.32. The van der Waals surface area contributed by atoms with Crippen LogP contribution in [-0.2, 0) is 21.2 Å². The monoisotopic (exact) mass is 349 g/mol. The number of sulfone groups is 1. The molecule has 126 valence electrons. The molecule has 0 saturated heterocycles. The van der Waals surface area contributed by atoms with Crippen LogP contribution in [-0.4, -0.2) is 43.1 Å². The molecular weight excluding hydrogens is 334 g/mol. The van der Waals surface area contributed by atoms with Crippen molar-refractivity contribution in [3.8, 4) is 0 Å². The standard InChI is InChI=1S/C16H15NO6S/c1-24(21,22)14-7-6-13(23-14)15(18)17-8-10-4-2-3-5-11(10)12(9-17)16(19)20/h2-7,12H,8-9H2,1H3,(H,19,20). The predicted molar refractivity (Wildman–Crippen MR) is 83.4 cm³/mol. The van der Waals surface area contributed by atoms with Crippen LogP contribution in [0, 0.1) is 0 Å². The van der Waals surface area contributed by atoms with Crippen LogP contribution in [0.15, 0.2) is 45.9 Å². The highest BCUT2D eigenvalue weighted by molar-refractivity contribution is 7.90. The highest BCUT2D eigenvalue weighted by atomic mass is 32.2. The van der Waals surface area contributed by atoms with Crippen LogP contribution in [0.2, 0.25) is 0 Å². The number of hydrogen-bond donors (Lipinski definition) is 1. The lowest BCUT2D eigenvalue weighted by atomic mass is 9.89. The van der Waals surface area contributed by atoms with Gasteiger partial charge in [-0.05, 0) is 23.3 Å². The molecule has 3 rings (SSSR count). The van der Waals surface area contributed by atoms with E-state index in [2.05, 4.69) is 0 Å². The summed E-state index contributed by atoms with van der Waals surface area (Å²) in [5.74, 6) is -2.51. The van der Waals surface area contributed by atoms with Crippen molar-refractivity contribution in [2.45, 2.75) is 17.6 Å². The second kappa shape index (κ2) is 5.79. The van der Waals surface area contributed by atoms with Crippen LogP contribution in [0.3, 0.4) is 0 Å². The van der Waals surface area contributed by atoms with Crippen LogP contribution in [0.4, 0.5) is 0 Å². The molecule has 1 aromatic carbocycles. The number of rotatable bonds is 3. The number of amides is 1. The third-order valence-electron chi connectivity index (χ3n) is 3.94. The molecule has 0 bridgehead atoms. The molecule has 0 fully saturated rings. The van der Waals surface area contributed by atoms with Gasteiger partial charge in [0.1, 0.15) is 0 Å². The second-order valence-electron chi connectivity index (χ2n) is 5.67. The fourth-order valence-corrected chi connectivity index (χ4v) is 3.32. The summed E-state index contributed by atoms with van der Waals surface area (Å²) < 4.78 is 28.0. The van der Waals surface area contributed by atoms with E-state index in [-0.39, 0.29) is 23.9 Å². The third-order valence-corrected chi connectivity index (χ3v) is 4.89. The Kier molecular flexibility index (Phi) is 3.92. The van der Waals surface area contributed by atoms with E-state index in [1.54, 1.807) is 24.3 Å². The maximum atomic E-state index is 12.6. The summed E-state index contributed by atoms with van der Waals surface area (Å²) in [6, 6.07) is 9.56. The molecule has 1 unspecified atom stereocenters. The van der Waals surface area contributed by atoms with E-state index >= 15 is 0 Å². The topological polar surface area (TPSA) is 105 Å². The molecule has 0 radical (unpaired) electrons. The molecular formula is C16H15NO6S. The first kappa shape index (κ1) is 16.3. The summed E-state index contributed by atoms with van der Waals surface area (Å²) in [5.41, 5.74) is 1.43. The van der Waals surface area contributed by atoms with Gasteiger partial charge in [0.2, 0.25) is 14.9 Å². The van der Waals surface area contributed by atoms with Gasteiger partial charge >= 0.3 is 5.97 Å². The minimum absolute atomic E-state index is 0.0000876. The maximum absolute atomic E-state index is 12.6. The Balaban J connectivity index is 1.92. The van der Waals surface area contributed by atoms with Crippen molar-refractivity contribution in [2.24, 2.45) is 0 Å².